The number of aliphatic hydroxyl groups is 1. The van der Waals surface area contributed by atoms with Gasteiger partial charge in [0, 0.05) is 0 Å². The van der Waals surface area contributed by atoms with E-state index in [-0.39, 0.29) is 0 Å². The maximum atomic E-state index is 11.7. The van der Waals surface area contributed by atoms with Gasteiger partial charge in [0.15, 0.2) is 0 Å². The standard InChI is InChI=1S/C4H2Cl2F2O3/c5-1(3(9)10)2(6)4(7,8)11/h11H,(H,9,10). The van der Waals surface area contributed by atoms with Crippen molar-refractivity contribution in [3.05, 3.63) is 10.1 Å². The van der Waals surface area contributed by atoms with Gasteiger partial charge in [0.25, 0.3) is 0 Å². The number of hydrogen-bond acceptors (Lipinski definition) is 2. The van der Waals surface area contributed by atoms with Gasteiger partial charge in [0.2, 0.25) is 0 Å². The van der Waals surface area contributed by atoms with Crippen LogP contribution in [0, 0.1) is 0 Å². The van der Waals surface area contributed by atoms with Crippen LogP contribution in [0.1, 0.15) is 0 Å². The molecule has 0 aromatic rings. The largest absolute Gasteiger partial charge is 0.477 e. The molecule has 2 N–H and O–H groups in total. The summed E-state index contributed by atoms with van der Waals surface area (Å²) in [5, 5.41) is 12.9. The molecule has 3 nitrogen and oxygen atoms in total. The highest BCUT2D eigenvalue weighted by molar-refractivity contribution is 6.47. The zero-order chi connectivity index (χ0) is 9.23. The lowest BCUT2D eigenvalue weighted by molar-refractivity contribution is -0.160. The third-order valence-corrected chi connectivity index (χ3v) is 1.51. The lowest BCUT2D eigenvalue weighted by Gasteiger charge is -2.06. The van der Waals surface area contributed by atoms with Crippen molar-refractivity contribution in [2.45, 2.75) is 6.11 Å². The molecule has 7 heteroatoms. The second-order valence-corrected chi connectivity index (χ2v) is 2.23. The van der Waals surface area contributed by atoms with E-state index in [1.54, 1.807) is 0 Å². The van der Waals surface area contributed by atoms with Crippen LogP contribution in [0.4, 0.5) is 8.78 Å². The first kappa shape index (κ1) is 10.6. The number of rotatable bonds is 2. The van der Waals surface area contributed by atoms with Gasteiger partial charge in [-0.25, -0.2) is 4.79 Å². The Bertz CT molecular complexity index is 208. The first-order chi connectivity index (χ1) is 4.76. The third-order valence-electron chi connectivity index (χ3n) is 0.645. The average molecular weight is 207 g/mol. The van der Waals surface area contributed by atoms with Crippen molar-refractivity contribution in [1.29, 1.82) is 0 Å². The van der Waals surface area contributed by atoms with Crippen molar-refractivity contribution in [2.24, 2.45) is 0 Å². The molecule has 0 aliphatic heterocycles. The van der Waals surface area contributed by atoms with Gasteiger partial charge in [-0.3, -0.25) is 0 Å². The Kier molecular flexibility index (Phi) is 3.22. The monoisotopic (exact) mass is 206 g/mol. The van der Waals surface area contributed by atoms with Crippen molar-refractivity contribution in [3.63, 3.8) is 0 Å². The van der Waals surface area contributed by atoms with E-state index in [1.807, 2.05) is 0 Å². The summed E-state index contributed by atoms with van der Waals surface area (Å²) in [6.45, 7) is 0. The minimum absolute atomic E-state index is 1.31. The quantitative estimate of drug-likeness (QED) is 0.671. The van der Waals surface area contributed by atoms with E-state index in [0.29, 0.717) is 0 Å². The van der Waals surface area contributed by atoms with Crippen LogP contribution < -0.4 is 0 Å². The van der Waals surface area contributed by atoms with E-state index < -0.39 is 22.1 Å². The van der Waals surface area contributed by atoms with Gasteiger partial charge in [0.05, 0.1) is 0 Å². The Morgan fingerprint density at radius 1 is 1.36 bits per heavy atom. The Morgan fingerprint density at radius 3 is 1.82 bits per heavy atom. The molecular weight excluding hydrogens is 205 g/mol. The van der Waals surface area contributed by atoms with Gasteiger partial charge < -0.3 is 10.2 Å². The predicted octanol–water partition coefficient (Wildman–Crippen LogP) is 1.35. The highest BCUT2D eigenvalue weighted by Gasteiger charge is 2.34. The molecule has 0 spiro atoms. The number of aliphatic carboxylic acids is 1. The van der Waals surface area contributed by atoms with Crippen molar-refractivity contribution in [2.75, 3.05) is 0 Å². The first-order valence-electron chi connectivity index (χ1n) is 2.16. The molecule has 0 amide bonds. The molecule has 11 heavy (non-hydrogen) atoms. The molecule has 0 aromatic carbocycles. The Labute approximate surface area is 69.8 Å². The zero-order valence-corrected chi connectivity index (χ0v) is 6.33. The highest BCUT2D eigenvalue weighted by Crippen LogP contribution is 2.28. The second-order valence-electron chi connectivity index (χ2n) is 1.47. The normalized spacial score (nSPS) is 14.3. The number of alkyl halides is 2. The number of carbonyl (C=O) groups is 1. The van der Waals surface area contributed by atoms with Crippen molar-refractivity contribution in [1.82, 2.24) is 0 Å². The molecule has 0 bridgehead atoms. The van der Waals surface area contributed by atoms with Crippen LogP contribution >= 0.6 is 23.2 Å². The fraction of sp³-hybridized carbons (Fsp3) is 0.250. The molecule has 64 valence electrons. The summed E-state index contributed by atoms with van der Waals surface area (Å²) in [5.41, 5.74) is 0. The molecule has 0 radical (unpaired) electrons. The fourth-order valence-corrected chi connectivity index (χ4v) is 0.420. The lowest BCUT2D eigenvalue weighted by atomic mass is 10.4. The summed E-state index contributed by atoms with van der Waals surface area (Å²) in [6, 6.07) is 0. The summed E-state index contributed by atoms with van der Waals surface area (Å²) in [7, 11) is 0. The Hall–Kier alpha value is -0.390. The molecule has 0 aliphatic carbocycles. The van der Waals surface area contributed by atoms with E-state index in [4.69, 9.17) is 21.8 Å². The smallest absolute Gasteiger partial charge is 0.393 e. The van der Waals surface area contributed by atoms with Crippen molar-refractivity contribution in [3.8, 4) is 0 Å². The molecule has 0 rings (SSSR count). The molecule has 0 aromatic heterocycles. The maximum absolute atomic E-state index is 11.7. The van der Waals surface area contributed by atoms with E-state index >= 15 is 0 Å². The summed E-state index contributed by atoms with van der Waals surface area (Å²) >= 11 is 9.43. The molecule has 0 fully saturated rings. The maximum Gasteiger partial charge on any atom is 0.393 e. The van der Waals surface area contributed by atoms with Crippen LogP contribution in [0.5, 0.6) is 0 Å². The third kappa shape index (κ3) is 3.00. The number of hydrogen-bond donors (Lipinski definition) is 2. The fourth-order valence-electron chi connectivity index (χ4n) is 0.226. The summed E-state index contributed by atoms with van der Waals surface area (Å²) in [5.74, 6) is -1.83. The molecule has 0 aliphatic rings. The minimum Gasteiger partial charge on any atom is -0.477 e. The van der Waals surface area contributed by atoms with E-state index in [0.717, 1.165) is 0 Å². The van der Waals surface area contributed by atoms with E-state index in [2.05, 4.69) is 11.6 Å². The summed E-state index contributed by atoms with van der Waals surface area (Å²) in [6.07, 6.45) is -4.41. The first-order valence-corrected chi connectivity index (χ1v) is 2.91. The number of carboxylic acid groups (broad SMARTS) is 1. The Balaban J connectivity index is 4.82. The van der Waals surface area contributed by atoms with Crippen LogP contribution in [0.25, 0.3) is 0 Å². The van der Waals surface area contributed by atoms with Gasteiger partial charge in [-0.15, -0.1) is 0 Å². The molecule has 0 unspecified atom stereocenters. The summed E-state index contributed by atoms with van der Waals surface area (Å²) in [4.78, 5) is 9.87. The lowest BCUT2D eigenvalue weighted by Crippen LogP contribution is -2.17. The van der Waals surface area contributed by atoms with E-state index in [9.17, 15) is 13.6 Å². The zero-order valence-electron chi connectivity index (χ0n) is 4.81. The molecule has 0 saturated carbocycles. The SMILES string of the molecule is O=C(O)C(Cl)=C(Cl)C(O)(F)F. The van der Waals surface area contributed by atoms with Crippen LogP contribution in [-0.4, -0.2) is 22.3 Å². The number of halogens is 4. The summed E-state index contributed by atoms with van der Waals surface area (Å²) < 4.78 is 23.5. The topological polar surface area (TPSA) is 57.5 Å². The van der Waals surface area contributed by atoms with Gasteiger partial charge >= 0.3 is 12.1 Å². The molecular formula is C4H2Cl2F2O3. The van der Waals surface area contributed by atoms with Crippen LogP contribution in [0.2, 0.25) is 0 Å². The molecule has 0 atom stereocenters. The van der Waals surface area contributed by atoms with E-state index in [1.165, 1.54) is 0 Å². The Morgan fingerprint density at radius 2 is 1.73 bits per heavy atom. The van der Waals surface area contributed by atoms with Gasteiger partial charge in [-0.05, 0) is 0 Å². The number of carboxylic acids is 1. The predicted molar refractivity (Wildman–Crippen MR) is 33.5 cm³/mol. The van der Waals surface area contributed by atoms with Gasteiger partial charge in [-0.1, -0.05) is 23.2 Å². The van der Waals surface area contributed by atoms with Gasteiger partial charge in [-0.2, -0.15) is 8.78 Å². The van der Waals surface area contributed by atoms with Crippen LogP contribution in [0.3, 0.4) is 0 Å². The highest BCUT2D eigenvalue weighted by atomic mass is 35.5. The van der Waals surface area contributed by atoms with Crippen molar-refractivity contribution < 1.29 is 23.8 Å². The molecule has 0 saturated heterocycles. The minimum atomic E-state index is -4.41. The average Bonchev–Trinajstić information content (AvgIpc) is 1.82. The van der Waals surface area contributed by atoms with Crippen LogP contribution in [0.15, 0.2) is 10.1 Å². The second kappa shape index (κ2) is 3.34. The van der Waals surface area contributed by atoms with Crippen molar-refractivity contribution >= 4 is 29.2 Å². The molecule has 0 heterocycles. The van der Waals surface area contributed by atoms with Crippen LogP contribution in [-0.2, 0) is 4.79 Å². The van der Waals surface area contributed by atoms with Gasteiger partial charge in [0.1, 0.15) is 10.1 Å².